The van der Waals surface area contributed by atoms with Crippen molar-refractivity contribution >= 4 is 35.2 Å². The molecular formula is C24H21N5O3S. The van der Waals surface area contributed by atoms with Gasteiger partial charge >= 0.3 is 0 Å². The number of carbonyl (C=O) groups excluding carboxylic acids is 3. The second-order valence-electron chi connectivity index (χ2n) is 7.95. The van der Waals surface area contributed by atoms with Gasteiger partial charge in [-0.2, -0.15) is 0 Å². The molecule has 2 aromatic carbocycles. The third kappa shape index (κ3) is 4.07. The molecule has 1 aromatic heterocycles. The maximum Gasteiger partial charge on any atom is 0.271 e. The number of aromatic nitrogens is 2. The number of carbonyl (C=O) groups is 3. The van der Waals surface area contributed by atoms with E-state index in [1.807, 2.05) is 42.7 Å². The minimum absolute atomic E-state index is 0.192. The van der Waals surface area contributed by atoms with Crippen molar-refractivity contribution in [1.29, 1.82) is 0 Å². The predicted molar refractivity (Wildman–Crippen MR) is 125 cm³/mol. The van der Waals surface area contributed by atoms with E-state index in [0.717, 1.165) is 16.0 Å². The van der Waals surface area contributed by atoms with Gasteiger partial charge in [0.05, 0.1) is 17.4 Å². The zero-order valence-electron chi connectivity index (χ0n) is 17.8. The second-order valence-corrected chi connectivity index (χ2v) is 8.83. The molecule has 3 amide bonds. The molecule has 33 heavy (non-hydrogen) atoms. The molecule has 0 bridgehead atoms. The molecule has 166 valence electrons. The van der Waals surface area contributed by atoms with Crippen LogP contribution in [0.4, 0.5) is 5.69 Å². The van der Waals surface area contributed by atoms with E-state index in [1.165, 1.54) is 18.6 Å². The Bertz CT molecular complexity index is 1230. The summed E-state index contributed by atoms with van der Waals surface area (Å²) < 4.78 is 0. The summed E-state index contributed by atoms with van der Waals surface area (Å²) >= 11 is 1.67. The van der Waals surface area contributed by atoms with Crippen LogP contribution < -0.4 is 10.6 Å². The van der Waals surface area contributed by atoms with Gasteiger partial charge in [0.2, 0.25) is 5.91 Å². The summed E-state index contributed by atoms with van der Waals surface area (Å²) in [5.41, 5.74) is 3.03. The molecule has 2 aliphatic heterocycles. The summed E-state index contributed by atoms with van der Waals surface area (Å²) in [6.45, 7) is 0.245. The minimum atomic E-state index is -0.652. The van der Waals surface area contributed by atoms with E-state index < -0.39 is 6.04 Å². The first kappa shape index (κ1) is 21.1. The van der Waals surface area contributed by atoms with Gasteiger partial charge in [-0.15, -0.1) is 11.8 Å². The van der Waals surface area contributed by atoms with E-state index in [0.29, 0.717) is 17.7 Å². The lowest BCUT2D eigenvalue weighted by molar-refractivity contribution is -0.119. The first-order valence-corrected chi connectivity index (χ1v) is 11.7. The molecule has 1 saturated heterocycles. The Hall–Kier alpha value is -3.72. The fraction of sp³-hybridized carbons (Fsp3) is 0.208. The first-order chi connectivity index (χ1) is 16.0. The largest absolute Gasteiger partial charge is 0.346 e. The van der Waals surface area contributed by atoms with Crippen LogP contribution >= 0.6 is 11.8 Å². The number of nitrogens with zero attached hydrogens (tertiary/aromatic N) is 3. The van der Waals surface area contributed by atoms with Crippen LogP contribution in [0.25, 0.3) is 11.1 Å². The summed E-state index contributed by atoms with van der Waals surface area (Å²) in [6.07, 6.45) is 6.66. The van der Waals surface area contributed by atoms with Crippen LogP contribution in [-0.4, -0.2) is 57.5 Å². The third-order valence-corrected chi connectivity index (χ3v) is 6.67. The number of anilines is 1. The number of hydrogen-bond donors (Lipinski definition) is 2. The molecule has 0 radical (unpaired) electrons. The predicted octanol–water partition coefficient (Wildman–Crippen LogP) is 2.83. The van der Waals surface area contributed by atoms with E-state index in [9.17, 15) is 14.4 Å². The van der Waals surface area contributed by atoms with Crippen molar-refractivity contribution in [1.82, 2.24) is 20.2 Å². The van der Waals surface area contributed by atoms with Crippen LogP contribution in [0.5, 0.6) is 0 Å². The van der Waals surface area contributed by atoms with Gasteiger partial charge in [0.25, 0.3) is 11.8 Å². The Balaban J connectivity index is 1.39. The molecule has 2 aliphatic rings. The number of thioether (sulfide) groups is 1. The van der Waals surface area contributed by atoms with Gasteiger partial charge in [0, 0.05) is 29.9 Å². The van der Waals surface area contributed by atoms with Gasteiger partial charge in [-0.25, -0.2) is 4.98 Å². The summed E-state index contributed by atoms with van der Waals surface area (Å²) in [6, 6.07) is 12.6. The maximum atomic E-state index is 13.4. The van der Waals surface area contributed by atoms with Crippen LogP contribution in [0.1, 0.15) is 27.3 Å². The molecule has 2 N–H and O–H groups in total. The van der Waals surface area contributed by atoms with Crippen molar-refractivity contribution in [3.63, 3.8) is 0 Å². The summed E-state index contributed by atoms with van der Waals surface area (Å²) in [5, 5.41) is 5.75. The number of nitrogens with one attached hydrogen (secondary N) is 2. The van der Waals surface area contributed by atoms with Crippen LogP contribution in [-0.2, 0) is 4.79 Å². The average Bonchev–Trinajstić information content (AvgIpc) is 3.24. The fourth-order valence-corrected chi connectivity index (χ4v) is 4.66. The second kappa shape index (κ2) is 8.67. The third-order valence-electron chi connectivity index (χ3n) is 5.93. The smallest absolute Gasteiger partial charge is 0.271 e. The summed E-state index contributed by atoms with van der Waals surface area (Å²) in [7, 11) is 0. The highest BCUT2D eigenvalue weighted by molar-refractivity contribution is 7.98. The van der Waals surface area contributed by atoms with E-state index in [-0.39, 0.29) is 36.0 Å². The van der Waals surface area contributed by atoms with Gasteiger partial charge in [0.1, 0.15) is 11.7 Å². The number of benzene rings is 2. The lowest BCUT2D eigenvalue weighted by Crippen LogP contribution is -2.41. The van der Waals surface area contributed by atoms with E-state index in [2.05, 4.69) is 20.6 Å². The molecule has 0 saturated carbocycles. The zero-order chi connectivity index (χ0) is 22.9. The molecule has 0 unspecified atom stereocenters. The lowest BCUT2D eigenvalue weighted by Gasteiger charge is -2.20. The molecule has 8 nitrogen and oxygen atoms in total. The van der Waals surface area contributed by atoms with Crippen LogP contribution in [0.2, 0.25) is 0 Å². The van der Waals surface area contributed by atoms with Crippen molar-refractivity contribution in [2.45, 2.75) is 23.4 Å². The highest BCUT2D eigenvalue weighted by Gasteiger charge is 2.43. The lowest BCUT2D eigenvalue weighted by atomic mass is 10.0. The van der Waals surface area contributed by atoms with E-state index >= 15 is 0 Å². The van der Waals surface area contributed by atoms with Crippen molar-refractivity contribution in [3.05, 3.63) is 72.3 Å². The first-order valence-electron chi connectivity index (χ1n) is 10.5. The minimum Gasteiger partial charge on any atom is -0.346 e. The molecule has 0 spiro atoms. The fourth-order valence-electron chi connectivity index (χ4n) is 4.25. The van der Waals surface area contributed by atoms with Crippen LogP contribution in [0, 0.1) is 0 Å². The Morgan fingerprint density at radius 2 is 1.91 bits per heavy atom. The molecule has 9 heteroatoms. The molecule has 5 rings (SSSR count). The number of amides is 3. The molecular weight excluding hydrogens is 438 g/mol. The monoisotopic (exact) mass is 459 g/mol. The van der Waals surface area contributed by atoms with Gasteiger partial charge < -0.3 is 15.5 Å². The standard InChI is InChI=1S/C24H21N5O3S/c1-33-17-5-2-14(3-6-17)15-4-7-19-18(10-15)24(32)29-13-16(11-21(29)23(31)28-19)27-22(30)20-12-25-8-9-26-20/h2-10,12,16,21H,11,13H2,1H3,(H,27,30)(H,28,31)/t16-,21-/m0/s1. The van der Waals surface area contributed by atoms with Gasteiger partial charge in [-0.1, -0.05) is 18.2 Å². The topological polar surface area (TPSA) is 104 Å². The molecule has 3 aromatic rings. The summed E-state index contributed by atoms with van der Waals surface area (Å²) in [5.74, 6) is -0.863. The number of rotatable bonds is 4. The Kier molecular flexibility index (Phi) is 5.55. The maximum absolute atomic E-state index is 13.4. The molecule has 3 heterocycles. The number of hydrogen-bond acceptors (Lipinski definition) is 6. The van der Waals surface area contributed by atoms with E-state index in [4.69, 9.17) is 0 Å². The Labute approximate surface area is 194 Å². The highest BCUT2D eigenvalue weighted by atomic mass is 32.2. The zero-order valence-corrected chi connectivity index (χ0v) is 18.6. The Morgan fingerprint density at radius 1 is 1.12 bits per heavy atom. The van der Waals surface area contributed by atoms with Crippen LogP contribution in [0.3, 0.4) is 0 Å². The van der Waals surface area contributed by atoms with Crippen molar-refractivity contribution in [2.75, 3.05) is 18.1 Å². The van der Waals surface area contributed by atoms with Gasteiger partial charge in [-0.3, -0.25) is 19.4 Å². The normalized spacial score (nSPS) is 19.4. The van der Waals surface area contributed by atoms with Gasteiger partial charge in [-0.05, 0) is 48.1 Å². The average molecular weight is 460 g/mol. The summed E-state index contributed by atoms with van der Waals surface area (Å²) in [4.78, 5) is 49.4. The Morgan fingerprint density at radius 3 is 2.64 bits per heavy atom. The van der Waals surface area contributed by atoms with Crippen LogP contribution in [0.15, 0.2) is 66.0 Å². The quantitative estimate of drug-likeness (QED) is 0.582. The van der Waals surface area contributed by atoms with Crippen molar-refractivity contribution < 1.29 is 14.4 Å². The van der Waals surface area contributed by atoms with Crippen molar-refractivity contribution in [2.24, 2.45) is 0 Å². The van der Waals surface area contributed by atoms with Gasteiger partial charge in [0.15, 0.2) is 0 Å². The molecule has 1 fully saturated rings. The number of fused-ring (bicyclic) bond motifs is 2. The van der Waals surface area contributed by atoms with Crippen molar-refractivity contribution in [3.8, 4) is 11.1 Å². The SMILES string of the molecule is CSc1ccc(-c2ccc3c(c2)C(=O)N2C[C@@H](NC(=O)c4cnccn4)C[C@H]2C(=O)N3)cc1. The molecule has 0 aliphatic carbocycles. The van der Waals surface area contributed by atoms with E-state index in [1.54, 1.807) is 22.7 Å². The highest BCUT2D eigenvalue weighted by Crippen LogP contribution is 2.32. The molecule has 2 atom stereocenters.